The van der Waals surface area contributed by atoms with E-state index in [9.17, 15) is 17.6 Å². The van der Waals surface area contributed by atoms with E-state index in [0.29, 0.717) is 0 Å². The highest BCUT2D eigenvalue weighted by molar-refractivity contribution is 7.89. The van der Waals surface area contributed by atoms with E-state index in [1.165, 1.54) is 13.8 Å². The molecule has 3 N–H and O–H groups in total. The van der Waals surface area contributed by atoms with Crippen LogP contribution in [-0.2, 0) is 10.0 Å². The first-order chi connectivity index (χ1) is 9.15. The number of rotatable bonds is 6. The fraction of sp³-hybridized carbons (Fsp3) is 0.417. The summed E-state index contributed by atoms with van der Waals surface area (Å²) in [6, 6.07) is 1.84. The van der Waals surface area contributed by atoms with Crippen LogP contribution in [0.1, 0.15) is 29.3 Å². The molecule has 0 fully saturated rings. The van der Waals surface area contributed by atoms with E-state index in [1.54, 1.807) is 0 Å². The predicted octanol–water partition coefficient (Wildman–Crippen LogP) is 0.882. The van der Waals surface area contributed by atoms with Crippen LogP contribution in [0.3, 0.4) is 0 Å². The predicted molar refractivity (Wildman–Crippen MR) is 69.6 cm³/mol. The highest BCUT2D eigenvalue weighted by Gasteiger charge is 2.21. The van der Waals surface area contributed by atoms with Crippen LogP contribution in [0.5, 0.6) is 0 Å². The molecule has 0 aromatic heterocycles. The van der Waals surface area contributed by atoms with E-state index in [0.717, 1.165) is 12.1 Å². The number of aliphatic hydroxyl groups is 1. The molecule has 0 saturated heterocycles. The molecule has 0 aliphatic carbocycles. The van der Waals surface area contributed by atoms with Gasteiger partial charge in [-0.2, -0.15) is 0 Å². The normalized spacial score (nSPS) is 13.2. The third-order valence-corrected chi connectivity index (χ3v) is 4.06. The number of carboxylic acid groups (broad SMARTS) is 1. The van der Waals surface area contributed by atoms with Crippen LogP contribution in [-0.4, -0.2) is 37.2 Å². The zero-order chi connectivity index (χ0) is 15.5. The molecule has 0 spiro atoms. The quantitative estimate of drug-likeness (QED) is 0.724. The molecule has 0 aliphatic heterocycles. The van der Waals surface area contributed by atoms with Gasteiger partial charge in [-0.3, -0.25) is 0 Å². The summed E-state index contributed by atoms with van der Waals surface area (Å²) in [5.41, 5.74) is -0.762. The van der Waals surface area contributed by atoms with Gasteiger partial charge in [0.2, 0.25) is 10.0 Å². The first kappa shape index (κ1) is 16.5. The molecule has 0 saturated carbocycles. The van der Waals surface area contributed by atoms with E-state index in [1.807, 2.05) is 0 Å². The van der Waals surface area contributed by atoms with Crippen molar-refractivity contribution in [1.82, 2.24) is 4.72 Å². The zero-order valence-corrected chi connectivity index (χ0v) is 11.9. The number of carbonyl (C=O) groups is 1. The van der Waals surface area contributed by atoms with Gasteiger partial charge < -0.3 is 10.2 Å². The number of halogens is 1. The van der Waals surface area contributed by atoms with Crippen molar-refractivity contribution in [3.05, 3.63) is 29.1 Å². The number of aryl methyl sites for hydroxylation is 1. The summed E-state index contributed by atoms with van der Waals surface area (Å²) in [5, 5.41) is 17.9. The van der Waals surface area contributed by atoms with Gasteiger partial charge >= 0.3 is 5.97 Å². The summed E-state index contributed by atoms with van der Waals surface area (Å²) < 4.78 is 39.7. The Hall–Kier alpha value is -1.51. The lowest BCUT2D eigenvalue weighted by Gasteiger charge is -2.10. The topological polar surface area (TPSA) is 104 Å². The number of carboxylic acids is 1. The average molecular weight is 305 g/mol. The SMILES string of the molecule is Cc1cc(S(=O)(=O)NCCC(C)O)cc(C(=O)O)c1F. The van der Waals surface area contributed by atoms with Gasteiger partial charge in [0.1, 0.15) is 5.82 Å². The van der Waals surface area contributed by atoms with Crippen LogP contribution in [0.4, 0.5) is 4.39 Å². The Morgan fingerprint density at radius 3 is 2.55 bits per heavy atom. The fourth-order valence-electron chi connectivity index (χ4n) is 1.53. The number of hydrogen-bond donors (Lipinski definition) is 3. The van der Waals surface area contributed by atoms with Gasteiger partial charge in [0.15, 0.2) is 0 Å². The number of benzene rings is 1. The van der Waals surface area contributed by atoms with Crippen molar-refractivity contribution in [2.75, 3.05) is 6.54 Å². The van der Waals surface area contributed by atoms with Crippen molar-refractivity contribution < 1.29 is 27.8 Å². The third kappa shape index (κ3) is 3.99. The minimum Gasteiger partial charge on any atom is -0.478 e. The van der Waals surface area contributed by atoms with Gasteiger partial charge in [0.05, 0.1) is 16.6 Å². The Morgan fingerprint density at radius 2 is 2.05 bits per heavy atom. The van der Waals surface area contributed by atoms with E-state index in [-0.39, 0.29) is 23.4 Å². The van der Waals surface area contributed by atoms with Crippen molar-refractivity contribution in [2.24, 2.45) is 0 Å². The highest BCUT2D eigenvalue weighted by atomic mass is 32.2. The van der Waals surface area contributed by atoms with Crippen molar-refractivity contribution in [1.29, 1.82) is 0 Å². The van der Waals surface area contributed by atoms with Crippen molar-refractivity contribution in [3.8, 4) is 0 Å². The monoisotopic (exact) mass is 305 g/mol. The smallest absolute Gasteiger partial charge is 0.338 e. The number of aromatic carboxylic acids is 1. The second-order valence-corrected chi connectivity index (χ2v) is 6.21. The molecule has 0 heterocycles. The van der Waals surface area contributed by atoms with E-state index < -0.39 is 33.5 Å². The summed E-state index contributed by atoms with van der Waals surface area (Å²) >= 11 is 0. The van der Waals surface area contributed by atoms with Crippen LogP contribution < -0.4 is 4.72 Å². The summed E-state index contributed by atoms with van der Waals surface area (Å²) in [5.74, 6) is -2.49. The number of nitrogens with one attached hydrogen (secondary N) is 1. The summed E-state index contributed by atoms with van der Waals surface area (Å²) in [7, 11) is -3.94. The molecule has 1 rings (SSSR count). The molecule has 1 atom stereocenters. The molecular weight excluding hydrogens is 289 g/mol. The van der Waals surface area contributed by atoms with Crippen molar-refractivity contribution in [3.63, 3.8) is 0 Å². The minimum absolute atomic E-state index is 0.00116. The lowest BCUT2D eigenvalue weighted by atomic mass is 10.1. The maximum Gasteiger partial charge on any atom is 0.338 e. The van der Waals surface area contributed by atoms with Crippen LogP contribution >= 0.6 is 0 Å². The van der Waals surface area contributed by atoms with Crippen LogP contribution in [0, 0.1) is 12.7 Å². The summed E-state index contributed by atoms with van der Waals surface area (Å²) in [4.78, 5) is 10.5. The maximum atomic E-state index is 13.5. The molecule has 0 radical (unpaired) electrons. The maximum absolute atomic E-state index is 13.5. The van der Waals surface area contributed by atoms with Crippen molar-refractivity contribution >= 4 is 16.0 Å². The second-order valence-electron chi connectivity index (χ2n) is 4.44. The summed E-state index contributed by atoms with van der Waals surface area (Å²) in [6.45, 7) is 2.80. The van der Waals surface area contributed by atoms with Gasteiger partial charge in [-0.15, -0.1) is 0 Å². The Bertz CT molecular complexity index is 613. The number of hydrogen-bond acceptors (Lipinski definition) is 4. The van der Waals surface area contributed by atoms with E-state index in [2.05, 4.69) is 4.72 Å². The first-order valence-electron chi connectivity index (χ1n) is 5.86. The third-order valence-electron chi connectivity index (χ3n) is 2.62. The second kappa shape index (κ2) is 6.29. The van der Waals surface area contributed by atoms with Crippen molar-refractivity contribution in [2.45, 2.75) is 31.3 Å². The lowest BCUT2D eigenvalue weighted by molar-refractivity contribution is 0.0691. The van der Waals surface area contributed by atoms with Gasteiger partial charge in [-0.1, -0.05) is 0 Å². The summed E-state index contributed by atoms with van der Waals surface area (Å²) in [6.07, 6.45) is -0.451. The van der Waals surface area contributed by atoms with Crippen LogP contribution in [0.2, 0.25) is 0 Å². The van der Waals surface area contributed by atoms with Crippen LogP contribution in [0.15, 0.2) is 17.0 Å². The average Bonchev–Trinajstić information content (AvgIpc) is 2.31. The molecule has 1 unspecified atom stereocenters. The standard InChI is InChI=1S/C12H16FNO5S/c1-7-5-9(6-10(11(7)13)12(16)17)20(18,19)14-4-3-8(2)15/h5-6,8,14-15H,3-4H2,1-2H3,(H,16,17). The molecule has 0 amide bonds. The fourth-order valence-corrected chi connectivity index (χ4v) is 2.69. The Kier molecular flexibility index (Phi) is 5.21. The molecule has 0 aliphatic rings. The van der Waals surface area contributed by atoms with Gasteiger partial charge in [0, 0.05) is 6.54 Å². The number of sulfonamides is 1. The molecule has 1 aromatic carbocycles. The Balaban J connectivity index is 3.10. The lowest BCUT2D eigenvalue weighted by Crippen LogP contribution is -2.27. The van der Waals surface area contributed by atoms with Gasteiger partial charge in [0.25, 0.3) is 0 Å². The van der Waals surface area contributed by atoms with Gasteiger partial charge in [-0.25, -0.2) is 22.3 Å². The minimum atomic E-state index is -3.94. The highest BCUT2D eigenvalue weighted by Crippen LogP contribution is 2.19. The molecular formula is C12H16FNO5S. The Morgan fingerprint density at radius 1 is 1.45 bits per heavy atom. The molecule has 112 valence electrons. The molecule has 20 heavy (non-hydrogen) atoms. The van der Waals surface area contributed by atoms with Gasteiger partial charge in [-0.05, 0) is 38.0 Å². The van der Waals surface area contributed by atoms with E-state index >= 15 is 0 Å². The molecule has 0 bridgehead atoms. The first-order valence-corrected chi connectivity index (χ1v) is 7.34. The molecule has 8 heteroatoms. The van der Waals surface area contributed by atoms with E-state index in [4.69, 9.17) is 10.2 Å². The molecule has 6 nitrogen and oxygen atoms in total. The molecule has 1 aromatic rings. The Labute approximate surface area is 116 Å². The largest absolute Gasteiger partial charge is 0.478 e. The number of aliphatic hydroxyl groups excluding tert-OH is 1. The zero-order valence-electron chi connectivity index (χ0n) is 11.1. The van der Waals surface area contributed by atoms with Crippen LogP contribution in [0.25, 0.3) is 0 Å².